The lowest BCUT2D eigenvalue weighted by Gasteiger charge is -2.19. The first-order valence-electron chi connectivity index (χ1n) is 15.9. The standard InChI is InChI=1S/C22H25NO4.C17H17NO2/c1-22(2,3)27-21(26)23-19-9-8-17-11-15(12-18(17)13-19)10-14-4-6-16(7-5-14)20(24)25;18-16-6-5-14-8-12(9-15(14)10-16)7-11-1-3-13(4-2-11)17(19)20/h4-9,13,15H,10-12H2,1-3H3,(H,23,26)(H,24,25);1-6,10,12H,7-9,18H2,(H,19,20). The average Bonchev–Trinajstić information content (AvgIpc) is 3.59. The molecule has 0 aromatic heterocycles. The van der Waals surface area contributed by atoms with Crippen molar-refractivity contribution in [3.8, 4) is 0 Å². The number of nitrogen functional groups attached to an aromatic ring is 1. The summed E-state index contributed by atoms with van der Waals surface area (Å²) in [5.41, 5.74) is 15.2. The molecule has 0 heterocycles. The van der Waals surface area contributed by atoms with Crippen molar-refractivity contribution >= 4 is 29.4 Å². The van der Waals surface area contributed by atoms with Crippen molar-refractivity contribution in [2.45, 2.75) is 64.9 Å². The van der Waals surface area contributed by atoms with Crippen LogP contribution in [0.5, 0.6) is 0 Å². The Kier molecular flexibility index (Phi) is 9.99. The summed E-state index contributed by atoms with van der Waals surface area (Å²) in [6.07, 6.45) is 5.51. The van der Waals surface area contributed by atoms with E-state index in [4.69, 9.17) is 20.7 Å². The van der Waals surface area contributed by atoms with E-state index in [0.717, 1.165) is 55.5 Å². The summed E-state index contributed by atoms with van der Waals surface area (Å²) in [7, 11) is 0. The third kappa shape index (κ3) is 9.22. The molecule has 4 aromatic rings. The number of carboxylic acids is 2. The smallest absolute Gasteiger partial charge is 0.412 e. The topological polar surface area (TPSA) is 139 Å². The van der Waals surface area contributed by atoms with Gasteiger partial charge in [-0.3, -0.25) is 5.32 Å². The number of carbonyl (C=O) groups excluding carboxylic acids is 1. The molecule has 0 saturated carbocycles. The first-order chi connectivity index (χ1) is 22.3. The summed E-state index contributed by atoms with van der Waals surface area (Å²) in [6, 6.07) is 26.4. The van der Waals surface area contributed by atoms with E-state index in [2.05, 4.69) is 23.5 Å². The summed E-state index contributed by atoms with van der Waals surface area (Å²) in [5, 5.41) is 20.7. The number of rotatable bonds is 7. The summed E-state index contributed by atoms with van der Waals surface area (Å²) in [5.74, 6) is -0.713. The van der Waals surface area contributed by atoms with Crippen LogP contribution in [0.15, 0.2) is 84.9 Å². The predicted molar refractivity (Wildman–Crippen MR) is 183 cm³/mol. The van der Waals surface area contributed by atoms with E-state index < -0.39 is 23.6 Å². The number of aromatic carboxylic acids is 2. The van der Waals surface area contributed by atoms with Crippen LogP contribution in [-0.2, 0) is 43.3 Å². The third-order valence-corrected chi connectivity index (χ3v) is 8.57. The predicted octanol–water partition coefficient (Wildman–Crippen LogP) is 7.61. The number of nitrogens with two attached hydrogens (primary N) is 1. The van der Waals surface area contributed by atoms with Crippen LogP contribution in [0, 0.1) is 11.8 Å². The van der Waals surface area contributed by atoms with Crippen molar-refractivity contribution in [3.05, 3.63) is 129 Å². The number of hydrogen-bond acceptors (Lipinski definition) is 5. The van der Waals surface area contributed by atoms with Gasteiger partial charge in [-0.25, -0.2) is 14.4 Å². The van der Waals surface area contributed by atoms with Crippen LogP contribution in [-0.4, -0.2) is 33.8 Å². The second-order valence-corrected chi connectivity index (χ2v) is 13.6. The van der Waals surface area contributed by atoms with E-state index in [-0.39, 0.29) is 0 Å². The van der Waals surface area contributed by atoms with Crippen LogP contribution in [0.25, 0.3) is 0 Å². The molecule has 8 heteroatoms. The van der Waals surface area contributed by atoms with E-state index >= 15 is 0 Å². The van der Waals surface area contributed by atoms with Crippen molar-refractivity contribution in [3.63, 3.8) is 0 Å². The van der Waals surface area contributed by atoms with Gasteiger partial charge in [0.15, 0.2) is 0 Å². The fourth-order valence-corrected chi connectivity index (χ4v) is 6.46. The molecule has 2 atom stereocenters. The first kappa shape index (κ1) is 33.3. The maximum atomic E-state index is 11.9. The summed E-state index contributed by atoms with van der Waals surface area (Å²) in [6.45, 7) is 5.51. The molecule has 4 aromatic carbocycles. The Labute approximate surface area is 275 Å². The van der Waals surface area contributed by atoms with Gasteiger partial charge < -0.3 is 20.7 Å². The van der Waals surface area contributed by atoms with Crippen LogP contribution in [0.2, 0.25) is 0 Å². The number of anilines is 2. The first-order valence-corrected chi connectivity index (χ1v) is 15.9. The largest absolute Gasteiger partial charge is 0.478 e. The van der Waals surface area contributed by atoms with Crippen LogP contribution in [0.3, 0.4) is 0 Å². The van der Waals surface area contributed by atoms with Crippen molar-refractivity contribution in [1.82, 2.24) is 0 Å². The van der Waals surface area contributed by atoms with Crippen LogP contribution >= 0.6 is 0 Å². The molecule has 0 bridgehead atoms. The molecule has 5 N–H and O–H groups in total. The highest BCUT2D eigenvalue weighted by Crippen LogP contribution is 2.32. The van der Waals surface area contributed by atoms with Crippen molar-refractivity contribution < 1.29 is 29.3 Å². The number of carboxylic acid groups (broad SMARTS) is 2. The minimum Gasteiger partial charge on any atom is -0.478 e. The quantitative estimate of drug-likeness (QED) is 0.153. The minimum absolute atomic E-state index is 0.311. The Bertz CT molecular complexity index is 1760. The lowest BCUT2D eigenvalue weighted by molar-refractivity contribution is 0.0632. The van der Waals surface area contributed by atoms with Gasteiger partial charge in [0.1, 0.15) is 5.60 Å². The SMILES string of the molecule is CC(C)(C)OC(=O)Nc1ccc2c(c1)CC(Cc1ccc(C(=O)O)cc1)C2.Nc1ccc2c(c1)CC(Cc1ccc(C(=O)O)cc1)C2. The molecule has 8 nitrogen and oxygen atoms in total. The molecule has 1 amide bonds. The molecule has 0 radical (unpaired) electrons. The fraction of sp³-hybridized carbons (Fsp3) is 0.308. The highest BCUT2D eigenvalue weighted by Gasteiger charge is 2.24. The van der Waals surface area contributed by atoms with Gasteiger partial charge in [-0.05, 0) is 153 Å². The van der Waals surface area contributed by atoms with Crippen LogP contribution in [0.1, 0.15) is 74.9 Å². The molecular formula is C39H42N2O6. The second-order valence-electron chi connectivity index (χ2n) is 13.6. The van der Waals surface area contributed by atoms with Gasteiger partial charge >= 0.3 is 18.0 Å². The van der Waals surface area contributed by atoms with E-state index in [1.165, 1.54) is 27.8 Å². The van der Waals surface area contributed by atoms with E-state index in [0.29, 0.717) is 23.0 Å². The van der Waals surface area contributed by atoms with E-state index in [1.807, 2.05) is 63.2 Å². The molecule has 244 valence electrons. The normalized spacial score (nSPS) is 16.3. The maximum absolute atomic E-state index is 11.9. The molecule has 0 spiro atoms. The zero-order valence-electron chi connectivity index (χ0n) is 27.1. The molecule has 0 saturated heterocycles. The summed E-state index contributed by atoms with van der Waals surface area (Å²) in [4.78, 5) is 33.7. The Balaban J connectivity index is 0.000000193. The Morgan fingerprint density at radius 2 is 1.13 bits per heavy atom. The Morgan fingerprint density at radius 3 is 1.60 bits per heavy atom. The number of amides is 1. The zero-order valence-corrected chi connectivity index (χ0v) is 27.1. The van der Waals surface area contributed by atoms with E-state index in [9.17, 15) is 14.4 Å². The number of ether oxygens (including phenoxy) is 1. The Morgan fingerprint density at radius 1 is 0.681 bits per heavy atom. The number of carbonyl (C=O) groups is 3. The van der Waals surface area contributed by atoms with Crippen LogP contribution in [0.4, 0.5) is 16.2 Å². The van der Waals surface area contributed by atoms with Gasteiger partial charge in [0.2, 0.25) is 0 Å². The average molecular weight is 635 g/mol. The molecule has 6 rings (SSSR count). The van der Waals surface area contributed by atoms with Crippen molar-refractivity contribution in [1.29, 1.82) is 0 Å². The second kappa shape index (κ2) is 14.1. The fourth-order valence-electron chi connectivity index (χ4n) is 6.46. The Hall–Kier alpha value is -5.11. The van der Waals surface area contributed by atoms with Gasteiger partial charge in [0.25, 0.3) is 0 Å². The molecule has 2 unspecified atom stereocenters. The molecule has 0 aliphatic heterocycles. The molecule has 2 aliphatic rings. The lowest BCUT2D eigenvalue weighted by Crippen LogP contribution is -2.27. The molecule has 0 fully saturated rings. The van der Waals surface area contributed by atoms with Gasteiger partial charge in [-0.15, -0.1) is 0 Å². The number of nitrogens with one attached hydrogen (secondary N) is 1. The van der Waals surface area contributed by atoms with Gasteiger partial charge in [-0.1, -0.05) is 36.4 Å². The van der Waals surface area contributed by atoms with Crippen molar-refractivity contribution in [2.24, 2.45) is 11.8 Å². The number of hydrogen-bond donors (Lipinski definition) is 4. The van der Waals surface area contributed by atoms with Crippen molar-refractivity contribution in [2.75, 3.05) is 11.1 Å². The van der Waals surface area contributed by atoms with Gasteiger partial charge in [0.05, 0.1) is 11.1 Å². The third-order valence-electron chi connectivity index (χ3n) is 8.57. The lowest BCUT2D eigenvalue weighted by atomic mass is 9.96. The highest BCUT2D eigenvalue weighted by atomic mass is 16.6. The van der Waals surface area contributed by atoms with Crippen LogP contribution < -0.4 is 11.1 Å². The monoisotopic (exact) mass is 634 g/mol. The molecule has 2 aliphatic carbocycles. The highest BCUT2D eigenvalue weighted by molar-refractivity contribution is 5.88. The molecular weight excluding hydrogens is 592 g/mol. The van der Waals surface area contributed by atoms with Gasteiger partial charge in [0, 0.05) is 11.4 Å². The van der Waals surface area contributed by atoms with Gasteiger partial charge in [-0.2, -0.15) is 0 Å². The zero-order chi connectivity index (χ0) is 33.7. The van der Waals surface area contributed by atoms with E-state index in [1.54, 1.807) is 24.3 Å². The summed E-state index contributed by atoms with van der Waals surface area (Å²) >= 11 is 0. The number of benzene rings is 4. The maximum Gasteiger partial charge on any atom is 0.412 e. The minimum atomic E-state index is -0.903. The summed E-state index contributed by atoms with van der Waals surface area (Å²) < 4.78 is 5.30. The molecule has 47 heavy (non-hydrogen) atoms. The number of fused-ring (bicyclic) bond motifs is 2.